The van der Waals surface area contributed by atoms with Crippen molar-refractivity contribution in [1.82, 2.24) is 19.8 Å². The van der Waals surface area contributed by atoms with E-state index in [1.165, 1.54) is 17.8 Å². The number of aromatic nitrogens is 2. The molecule has 2 aromatic heterocycles. The molecule has 0 N–H and O–H groups in total. The van der Waals surface area contributed by atoms with Crippen LogP contribution in [-0.4, -0.2) is 57.3 Å². The molecule has 2 aromatic rings. The van der Waals surface area contributed by atoms with E-state index in [1.54, 1.807) is 12.4 Å². The second-order valence-corrected chi connectivity index (χ2v) is 9.14. The molecule has 7 heteroatoms. The van der Waals surface area contributed by atoms with Crippen LogP contribution in [0.15, 0.2) is 24.5 Å². The Morgan fingerprint density at radius 3 is 2.79 bits per heavy atom. The van der Waals surface area contributed by atoms with Crippen LogP contribution >= 0.6 is 11.3 Å². The molecule has 0 aromatic carbocycles. The molecule has 0 aliphatic carbocycles. The van der Waals surface area contributed by atoms with Crippen molar-refractivity contribution in [2.75, 3.05) is 19.6 Å². The molecule has 154 valence electrons. The van der Waals surface area contributed by atoms with Crippen molar-refractivity contribution in [2.45, 2.75) is 52.0 Å². The van der Waals surface area contributed by atoms with Gasteiger partial charge in [0.25, 0.3) is 5.91 Å². The van der Waals surface area contributed by atoms with Gasteiger partial charge in [-0.25, -0.2) is 4.98 Å². The van der Waals surface area contributed by atoms with Gasteiger partial charge in [0.05, 0.1) is 11.6 Å². The maximum Gasteiger partial charge on any atom is 0.265 e. The zero-order valence-electron chi connectivity index (χ0n) is 17.1. The van der Waals surface area contributed by atoms with Crippen molar-refractivity contribution in [1.29, 1.82) is 0 Å². The molecule has 2 fully saturated rings. The number of carbonyl (C=O) groups excluding carboxylic acids is 2. The number of piperidine rings is 2. The second-order valence-electron chi connectivity index (χ2n) is 8.14. The third-order valence-corrected chi connectivity index (χ3v) is 7.24. The molecule has 0 radical (unpaired) electrons. The third kappa shape index (κ3) is 4.20. The van der Waals surface area contributed by atoms with Gasteiger partial charge in [0, 0.05) is 43.6 Å². The molecule has 2 unspecified atom stereocenters. The highest BCUT2D eigenvalue weighted by Crippen LogP contribution is 2.30. The quantitative estimate of drug-likeness (QED) is 0.770. The van der Waals surface area contributed by atoms with Gasteiger partial charge >= 0.3 is 0 Å². The van der Waals surface area contributed by atoms with Gasteiger partial charge in [-0.05, 0) is 58.1 Å². The molecule has 2 aliphatic heterocycles. The van der Waals surface area contributed by atoms with Gasteiger partial charge in [0.15, 0.2) is 0 Å². The zero-order chi connectivity index (χ0) is 20.4. The molecule has 0 spiro atoms. The maximum absolute atomic E-state index is 13.2. The summed E-state index contributed by atoms with van der Waals surface area (Å²) in [6, 6.07) is 4.14. The van der Waals surface area contributed by atoms with Crippen LogP contribution in [0.5, 0.6) is 0 Å². The van der Waals surface area contributed by atoms with E-state index in [9.17, 15) is 9.59 Å². The Morgan fingerprint density at radius 1 is 1.17 bits per heavy atom. The van der Waals surface area contributed by atoms with Crippen molar-refractivity contribution < 1.29 is 9.59 Å². The highest BCUT2D eigenvalue weighted by molar-refractivity contribution is 7.17. The molecular formula is C22H28N4O2S. The van der Waals surface area contributed by atoms with Gasteiger partial charge in [-0.2, -0.15) is 0 Å². The molecular weight excluding hydrogens is 384 g/mol. The minimum atomic E-state index is -0.0840. The number of carbonyl (C=O) groups is 2. The fraction of sp³-hybridized carbons (Fsp3) is 0.545. The summed E-state index contributed by atoms with van der Waals surface area (Å²) < 4.78 is 0. The number of rotatable bonds is 3. The van der Waals surface area contributed by atoms with Crippen molar-refractivity contribution in [3.63, 3.8) is 0 Å². The van der Waals surface area contributed by atoms with Gasteiger partial charge in [0.1, 0.15) is 9.88 Å². The topological polar surface area (TPSA) is 66.4 Å². The highest BCUT2D eigenvalue weighted by Gasteiger charge is 2.34. The lowest BCUT2D eigenvalue weighted by Gasteiger charge is -2.39. The number of hydrogen-bond donors (Lipinski definition) is 0. The average Bonchev–Trinajstić information content (AvgIpc) is 3.15. The van der Waals surface area contributed by atoms with Crippen molar-refractivity contribution in [3.05, 3.63) is 35.1 Å². The minimum Gasteiger partial charge on any atom is -0.340 e. The van der Waals surface area contributed by atoms with Crippen LogP contribution in [0.4, 0.5) is 0 Å². The monoisotopic (exact) mass is 412 g/mol. The van der Waals surface area contributed by atoms with E-state index in [4.69, 9.17) is 0 Å². The molecule has 2 amide bonds. The lowest BCUT2D eigenvalue weighted by atomic mass is 9.93. The van der Waals surface area contributed by atoms with Crippen LogP contribution in [-0.2, 0) is 4.79 Å². The fourth-order valence-corrected chi connectivity index (χ4v) is 5.40. The summed E-state index contributed by atoms with van der Waals surface area (Å²) in [5.74, 6) is 0.144. The van der Waals surface area contributed by atoms with Gasteiger partial charge in [-0.1, -0.05) is 0 Å². The average molecular weight is 413 g/mol. The normalized spacial score (nSPS) is 22.6. The number of amides is 2. The number of thiazole rings is 1. The van der Waals surface area contributed by atoms with Gasteiger partial charge in [-0.15, -0.1) is 11.3 Å². The minimum absolute atomic E-state index is 0.000618. The SMILES string of the molecule is Cc1nc(-c2cccnc2)sc1C(=O)N1CCCC(C(=O)N2CCCCC2C)C1. The Bertz CT molecular complexity index is 882. The van der Waals surface area contributed by atoms with E-state index in [0.717, 1.165) is 48.5 Å². The van der Waals surface area contributed by atoms with Gasteiger partial charge < -0.3 is 9.80 Å². The molecule has 2 atom stereocenters. The van der Waals surface area contributed by atoms with Crippen molar-refractivity contribution in [2.24, 2.45) is 5.92 Å². The fourth-order valence-electron chi connectivity index (χ4n) is 4.37. The molecule has 4 heterocycles. The molecule has 2 aliphatic rings. The first-order valence-electron chi connectivity index (χ1n) is 10.5. The first kappa shape index (κ1) is 20.0. The molecule has 2 saturated heterocycles. The number of aryl methyl sites for hydroxylation is 1. The summed E-state index contributed by atoms with van der Waals surface area (Å²) in [7, 11) is 0. The number of pyridine rings is 1. The van der Waals surface area contributed by atoms with Crippen LogP contribution in [0.1, 0.15) is 54.4 Å². The van der Waals surface area contributed by atoms with Crippen molar-refractivity contribution >= 4 is 23.2 Å². The Balaban J connectivity index is 1.48. The Labute approximate surface area is 176 Å². The smallest absolute Gasteiger partial charge is 0.265 e. The summed E-state index contributed by atoms with van der Waals surface area (Å²) in [6.07, 6.45) is 8.60. The number of likely N-dealkylation sites (tertiary alicyclic amines) is 2. The number of hydrogen-bond acceptors (Lipinski definition) is 5. The second kappa shape index (κ2) is 8.61. The Morgan fingerprint density at radius 2 is 2.03 bits per heavy atom. The van der Waals surface area contributed by atoms with Gasteiger partial charge in [0.2, 0.25) is 5.91 Å². The summed E-state index contributed by atoms with van der Waals surface area (Å²) in [5.41, 5.74) is 1.67. The predicted octanol–water partition coefficient (Wildman–Crippen LogP) is 3.77. The molecule has 0 bridgehead atoms. The van der Waals surface area contributed by atoms with Crippen LogP contribution in [0, 0.1) is 12.8 Å². The zero-order valence-corrected chi connectivity index (χ0v) is 18.0. The third-order valence-electron chi connectivity index (χ3n) is 6.04. The standard InChI is InChI=1S/C22H28N4O2S/c1-15-7-3-4-12-26(15)21(27)18-9-6-11-25(14-18)22(28)19-16(2)24-20(29-19)17-8-5-10-23-13-17/h5,8,10,13,15,18H,3-4,6-7,9,11-12,14H2,1-2H3. The summed E-state index contributed by atoms with van der Waals surface area (Å²) in [6.45, 7) is 6.10. The molecule has 29 heavy (non-hydrogen) atoms. The van der Waals surface area contributed by atoms with Crippen molar-refractivity contribution in [3.8, 4) is 10.6 Å². The first-order chi connectivity index (χ1) is 14.0. The largest absolute Gasteiger partial charge is 0.340 e. The number of nitrogens with zero attached hydrogens (tertiary/aromatic N) is 4. The van der Waals surface area contributed by atoms with E-state index < -0.39 is 0 Å². The Hall–Kier alpha value is -2.28. The lowest BCUT2D eigenvalue weighted by molar-refractivity contribution is -0.140. The Kier molecular flexibility index (Phi) is 5.94. The molecule has 4 rings (SSSR count). The van der Waals surface area contributed by atoms with E-state index in [0.29, 0.717) is 24.0 Å². The highest BCUT2D eigenvalue weighted by atomic mass is 32.1. The van der Waals surface area contributed by atoms with Crippen LogP contribution in [0.25, 0.3) is 10.6 Å². The van der Waals surface area contributed by atoms with Crippen LogP contribution in [0.3, 0.4) is 0 Å². The summed E-state index contributed by atoms with van der Waals surface area (Å²) >= 11 is 1.41. The summed E-state index contributed by atoms with van der Waals surface area (Å²) in [4.78, 5) is 39.6. The van der Waals surface area contributed by atoms with E-state index in [1.807, 2.05) is 28.9 Å². The van der Waals surface area contributed by atoms with E-state index >= 15 is 0 Å². The van der Waals surface area contributed by atoms with Crippen LogP contribution in [0.2, 0.25) is 0 Å². The maximum atomic E-state index is 13.2. The van der Waals surface area contributed by atoms with E-state index in [-0.39, 0.29) is 17.7 Å². The van der Waals surface area contributed by atoms with Crippen LogP contribution < -0.4 is 0 Å². The molecule has 6 nitrogen and oxygen atoms in total. The van der Waals surface area contributed by atoms with Gasteiger partial charge in [-0.3, -0.25) is 14.6 Å². The predicted molar refractivity (Wildman–Crippen MR) is 114 cm³/mol. The summed E-state index contributed by atoms with van der Waals surface area (Å²) in [5, 5.41) is 0.811. The van der Waals surface area contributed by atoms with E-state index in [2.05, 4.69) is 16.9 Å². The lowest BCUT2D eigenvalue weighted by Crippen LogP contribution is -2.50. The molecule has 0 saturated carbocycles. The first-order valence-corrected chi connectivity index (χ1v) is 11.3.